The van der Waals surface area contributed by atoms with E-state index in [1.165, 1.54) is 0 Å². The van der Waals surface area contributed by atoms with Crippen LogP contribution in [-0.2, 0) is 22.8 Å². The van der Waals surface area contributed by atoms with Crippen LogP contribution in [0.3, 0.4) is 0 Å². The van der Waals surface area contributed by atoms with Crippen LogP contribution < -0.4 is 0 Å². The van der Waals surface area contributed by atoms with E-state index in [1.807, 2.05) is 0 Å². The maximum atomic E-state index is 14.7. The van der Waals surface area contributed by atoms with Crippen molar-refractivity contribution in [1.82, 2.24) is 0 Å². The van der Waals surface area contributed by atoms with Crippen molar-refractivity contribution >= 4 is 14.8 Å². The van der Waals surface area contributed by atoms with Gasteiger partial charge in [0, 0.05) is 19.8 Å². The molecule has 0 aliphatic carbocycles. The summed E-state index contributed by atoms with van der Waals surface area (Å²) in [6.45, 7) is -0.0836. The zero-order valence-electron chi connectivity index (χ0n) is 26.0. The number of esters is 1. The Balaban J connectivity index is 7.56. The average molecular weight is 886 g/mol. The molecule has 0 rings (SSSR count). The van der Waals surface area contributed by atoms with Crippen LogP contribution in [0.15, 0.2) is 0 Å². The van der Waals surface area contributed by atoms with Crippen LogP contribution in [0.4, 0.5) is 114 Å². The number of hydrogen-bond acceptors (Lipinski definition) is 5. The lowest BCUT2D eigenvalue weighted by molar-refractivity contribution is -0.441. The molecule has 0 fully saturated rings. The first-order chi connectivity index (χ1) is 23.4. The molecule has 0 aliphatic heterocycles. The third-order valence-corrected chi connectivity index (χ3v) is 9.66. The Bertz CT molecular complexity index is 1260. The Morgan fingerprint density at radius 2 is 0.722 bits per heavy atom. The zero-order chi connectivity index (χ0) is 44.0. The lowest BCUT2D eigenvalue weighted by Crippen LogP contribution is -2.71. The van der Waals surface area contributed by atoms with Gasteiger partial charge in [0.25, 0.3) is 0 Å². The normalized spacial score (nSPS) is 16.5. The van der Waals surface area contributed by atoms with Crippen LogP contribution in [0.25, 0.3) is 0 Å². The fraction of sp³-hybridized carbons (Fsp3) is 0.955. The second-order valence-corrected chi connectivity index (χ2v) is 12.9. The summed E-state index contributed by atoms with van der Waals surface area (Å²) in [4.78, 5) is 12.0. The monoisotopic (exact) mass is 886 g/mol. The Kier molecular flexibility index (Phi) is 14.6. The van der Waals surface area contributed by atoms with Crippen LogP contribution in [0.5, 0.6) is 0 Å². The largest absolute Gasteiger partial charge is 0.504 e. The highest BCUT2D eigenvalue weighted by Gasteiger charge is 2.93. The molecule has 0 aromatic rings. The fourth-order valence-corrected chi connectivity index (χ4v) is 6.44. The summed E-state index contributed by atoms with van der Waals surface area (Å²) < 4.78 is 370. The lowest BCUT2D eigenvalue weighted by atomic mass is 9.91. The number of halogens is 26. The molecule has 0 aliphatic rings. The highest BCUT2D eigenvalue weighted by molar-refractivity contribution is 6.60. The van der Waals surface area contributed by atoms with E-state index in [4.69, 9.17) is 13.3 Å². The van der Waals surface area contributed by atoms with Crippen molar-refractivity contribution < 1.29 is 137 Å². The van der Waals surface area contributed by atoms with Gasteiger partial charge in [-0.2, -0.15) is 114 Å². The molecule has 1 unspecified atom stereocenters. The van der Waals surface area contributed by atoms with E-state index in [-0.39, 0.29) is 0 Å². The van der Waals surface area contributed by atoms with Gasteiger partial charge in [0.05, 0.1) is 12.5 Å². The number of rotatable bonds is 20. The standard InChI is InChI=1S/C22H20F26O5Si/c1-4-50-54(51-5-2,52-6-3)8-9(7-11(23,24)13(27,28)15(31,32)17(35,36)19(39,40)21(43,44)45)53-10(49)12(25,26)14(29,30)16(33,34)18(37,38)20(41,42)22(46,47)48/h9H,4-8H2,1-3H3. The molecule has 0 aromatic heterocycles. The predicted octanol–water partition coefficient (Wildman–Crippen LogP) is 9.81. The molecular formula is C22H20F26O5Si. The smallest absolute Gasteiger partial charge is 0.458 e. The molecule has 0 saturated heterocycles. The molecule has 324 valence electrons. The van der Waals surface area contributed by atoms with E-state index in [9.17, 15) is 119 Å². The van der Waals surface area contributed by atoms with Gasteiger partial charge in [-0.3, -0.25) is 0 Å². The minimum absolute atomic E-state index is 0.862. The molecule has 0 bridgehead atoms. The third kappa shape index (κ3) is 8.24. The first-order valence-electron chi connectivity index (χ1n) is 13.4. The quantitative estimate of drug-likeness (QED) is 0.0693. The molecule has 0 amide bonds. The first-order valence-corrected chi connectivity index (χ1v) is 15.4. The van der Waals surface area contributed by atoms with E-state index in [0.717, 1.165) is 20.8 Å². The number of carbonyl (C=O) groups excluding carboxylic acids is 1. The van der Waals surface area contributed by atoms with Crippen LogP contribution >= 0.6 is 0 Å². The van der Waals surface area contributed by atoms with Crippen molar-refractivity contribution in [3.05, 3.63) is 0 Å². The van der Waals surface area contributed by atoms with Gasteiger partial charge < -0.3 is 18.0 Å². The highest BCUT2D eigenvalue weighted by atomic mass is 28.4. The second kappa shape index (κ2) is 15.3. The molecule has 32 heteroatoms. The van der Waals surface area contributed by atoms with Gasteiger partial charge in [-0.05, 0) is 20.8 Å². The van der Waals surface area contributed by atoms with Crippen molar-refractivity contribution in [2.75, 3.05) is 19.8 Å². The van der Waals surface area contributed by atoms with E-state index < -0.39 is 125 Å². The SMILES string of the molecule is CCO[Si](CC(CC(F)(F)C(F)(F)C(F)(F)C(F)(F)C(F)(F)C(F)(F)F)OC(=O)C(F)(F)C(F)(F)C(F)(F)C(F)(F)C(F)(F)C(F)(F)F)(OCC)OCC. The number of hydrogen-bond donors (Lipinski definition) is 0. The number of alkyl halides is 26. The van der Waals surface area contributed by atoms with Crippen LogP contribution in [-0.4, -0.2) is 112 Å². The maximum Gasteiger partial charge on any atom is 0.504 e. The van der Waals surface area contributed by atoms with Crippen LogP contribution in [0.2, 0.25) is 6.04 Å². The Morgan fingerprint density at radius 1 is 0.444 bits per heavy atom. The second-order valence-electron chi connectivity index (χ2n) is 10.3. The highest BCUT2D eigenvalue weighted by Crippen LogP contribution is 2.62. The van der Waals surface area contributed by atoms with Crippen molar-refractivity contribution in [2.45, 2.75) is 111 Å². The maximum absolute atomic E-state index is 14.7. The van der Waals surface area contributed by atoms with Gasteiger partial charge in [-0.1, -0.05) is 0 Å². The van der Waals surface area contributed by atoms with Gasteiger partial charge in [0.2, 0.25) is 0 Å². The average Bonchev–Trinajstić information content (AvgIpc) is 2.95. The predicted molar refractivity (Wildman–Crippen MR) is 122 cm³/mol. The topological polar surface area (TPSA) is 54.0 Å². The molecule has 0 saturated carbocycles. The summed E-state index contributed by atoms with van der Waals surface area (Å²) in [5.41, 5.74) is 0. The van der Waals surface area contributed by atoms with E-state index in [0.29, 0.717) is 0 Å². The van der Waals surface area contributed by atoms with Crippen molar-refractivity contribution in [2.24, 2.45) is 0 Å². The summed E-state index contributed by atoms with van der Waals surface area (Å²) in [6, 6.07) is -2.35. The molecule has 0 radical (unpaired) electrons. The van der Waals surface area contributed by atoms with Crippen molar-refractivity contribution in [3.63, 3.8) is 0 Å². The van der Waals surface area contributed by atoms with Crippen molar-refractivity contribution in [1.29, 1.82) is 0 Å². The minimum Gasteiger partial charge on any atom is -0.458 e. The van der Waals surface area contributed by atoms with Gasteiger partial charge in [-0.25, -0.2) is 4.79 Å². The van der Waals surface area contributed by atoms with Crippen LogP contribution in [0, 0.1) is 0 Å². The third-order valence-electron chi connectivity index (χ3n) is 6.52. The Labute approximate surface area is 283 Å². The number of carbonyl (C=O) groups is 1. The summed E-state index contributed by atoms with van der Waals surface area (Å²) in [7, 11) is -5.32. The number of ether oxygens (including phenoxy) is 1. The summed E-state index contributed by atoms with van der Waals surface area (Å²) in [5, 5.41) is 0. The van der Waals surface area contributed by atoms with E-state index in [2.05, 4.69) is 4.74 Å². The Hall–Kier alpha value is -2.25. The summed E-state index contributed by atoms with van der Waals surface area (Å²) in [6.07, 6.45) is -24.1. The molecule has 0 aromatic carbocycles. The fourth-order valence-electron chi connectivity index (χ4n) is 3.74. The Morgan fingerprint density at radius 3 is 1.00 bits per heavy atom. The summed E-state index contributed by atoms with van der Waals surface area (Å²) in [5.74, 6) is -88.6. The molecule has 0 heterocycles. The van der Waals surface area contributed by atoms with E-state index in [1.54, 1.807) is 0 Å². The van der Waals surface area contributed by atoms with Gasteiger partial charge >= 0.3 is 86.4 Å². The molecule has 54 heavy (non-hydrogen) atoms. The van der Waals surface area contributed by atoms with Crippen LogP contribution in [0.1, 0.15) is 27.2 Å². The first kappa shape index (κ1) is 51.7. The van der Waals surface area contributed by atoms with E-state index >= 15 is 0 Å². The minimum atomic E-state index is -8.77. The molecule has 0 spiro atoms. The summed E-state index contributed by atoms with van der Waals surface area (Å²) >= 11 is 0. The molecular weight excluding hydrogens is 866 g/mol. The molecule has 5 nitrogen and oxygen atoms in total. The van der Waals surface area contributed by atoms with Gasteiger partial charge in [0.15, 0.2) is 0 Å². The molecule has 1 atom stereocenters. The zero-order valence-corrected chi connectivity index (χ0v) is 27.0. The van der Waals surface area contributed by atoms with Gasteiger partial charge in [0.1, 0.15) is 6.10 Å². The van der Waals surface area contributed by atoms with Crippen molar-refractivity contribution in [3.8, 4) is 0 Å². The van der Waals surface area contributed by atoms with Gasteiger partial charge in [-0.15, -0.1) is 0 Å². The lowest BCUT2D eigenvalue weighted by Gasteiger charge is -2.41. The molecule has 0 N–H and O–H groups in total.